The van der Waals surface area contributed by atoms with Crippen LogP contribution in [0.1, 0.15) is 12.5 Å². The van der Waals surface area contributed by atoms with Crippen LogP contribution in [0.5, 0.6) is 0 Å². The minimum absolute atomic E-state index is 0.0198. The number of halogens is 3. The van der Waals surface area contributed by atoms with Crippen molar-refractivity contribution in [1.82, 2.24) is 0 Å². The maximum absolute atomic E-state index is 13.6. The summed E-state index contributed by atoms with van der Waals surface area (Å²) in [6.45, 7) is 1.38. The second-order valence-corrected chi connectivity index (χ2v) is 7.59. The molecule has 0 saturated carbocycles. The summed E-state index contributed by atoms with van der Waals surface area (Å²) in [7, 11) is 0. The van der Waals surface area contributed by atoms with Gasteiger partial charge in [0.15, 0.2) is 0 Å². The van der Waals surface area contributed by atoms with Gasteiger partial charge in [-0.25, -0.2) is 13.7 Å². The minimum atomic E-state index is -0.691. The predicted molar refractivity (Wildman–Crippen MR) is 122 cm³/mol. The number of carbonyl (C=O) groups is 3. The lowest BCUT2D eigenvalue weighted by molar-refractivity contribution is -0.120. The van der Waals surface area contributed by atoms with Crippen LogP contribution < -0.4 is 15.5 Å². The lowest BCUT2D eigenvalue weighted by Gasteiger charge is -2.16. The highest BCUT2D eigenvalue weighted by molar-refractivity contribution is 6.46. The van der Waals surface area contributed by atoms with E-state index in [1.165, 1.54) is 43.3 Å². The standard InChI is InChI=1S/C24H16ClF2N3O3/c1-13(31)28-16-6-8-17(9-7-16)29-22-21(14-2-4-15(26)5-3-14)23(32)30(24(22)33)18-10-11-20(27)19(25)12-18/h2-12,29H,1H3,(H,28,31). The Morgan fingerprint density at radius 2 is 1.52 bits per heavy atom. The van der Waals surface area contributed by atoms with E-state index in [9.17, 15) is 23.2 Å². The van der Waals surface area contributed by atoms with Crippen molar-refractivity contribution in [2.24, 2.45) is 0 Å². The van der Waals surface area contributed by atoms with Gasteiger partial charge in [-0.3, -0.25) is 14.4 Å². The van der Waals surface area contributed by atoms with Gasteiger partial charge in [0, 0.05) is 18.3 Å². The van der Waals surface area contributed by atoms with Crippen LogP contribution in [0.4, 0.5) is 25.8 Å². The molecule has 0 saturated heterocycles. The van der Waals surface area contributed by atoms with Crippen molar-refractivity contribution in [3.63, 3.8) is 0 Å². The molecule has 0 radical (unpaired) electrons. The van der Waals surface area contributed by atoms with Gasteiger partial charge in [0.2, 0.25) is 5.91 Å². The SMILES string of the molecule is CC(=O)Nc1ccc(NC2=C(c3ccc(F)cc3)C(=O)N(c3ccc(F)c(Cl)c3)C2=O)cc1. The van der Waals surface area contributed by atoms with Crippen molar-refractivity contribution in [2.45, 2.75) is 6.92 Å². The smallest absolute Gasteiger partial charge is 0.282 e. The number of rotatable bonds is 5. The lowest BCUT2D eigenvalue weighted by atomic mass is 10.0. The average Bonchev–Trinajstić information content (AvgIpc) is 3.01. The second kappa shape index (κ2) is 8.84. The fourth-order valence-corrected chi connectivity index (χ4v) is 3.55. The van der Waals surface area contributed by atoms with E-state index in [1.807, 2.05) is 0 Å². The van der Waals surface area contributed by atoms with Crippen LogP contribution in [-0.4, -0.2) is 17.7 Å². The first-order chi connectivity index (χ1) is 15.7. The number of hydrogen-bond acceptors (Lipinski definition) is 4. The van der Waals surface area contributed by atoms with E-state index in [2.05, 4.69) is 10.6 Å². The van der Waals surface area contributed by atoms with Gasteiger partial charge < -0.3 is 10.6 Å². The highest BCUT2D eigenvalue weighted by Gasteiger charge is 2.40. The molecule has 0 fully saturated rings. The third-order valence-corrected chi connectivity index (χ3v) is 5.14. The molecular weight excluding hydrogens is 452 g/mol. The van der Waals surface area contributed by atoms with Crippen molar-refractivity contribution in [1.29, 1.82) is 0 Å². The molecule has 166 valence electrons. The van der Waals surface area contributed by atoms with Crippen LogP contribution >= 0.6 is 11.6 Å². The van der Waals surface area contributed by atoms with Crippen LogP contribution in [0, 0.1) is 11.6 Å². The van der Waals surface area contributed by atoms with E-state index in [0.717, 1.165) is 11.0 Å². The summed E-state index contributed by atoms with van der Waals surface area (Å²) < 4.78 is 27.1. The van der Waals surface area contributed by atoms with Crippen LogP contribution in [0.2, 0.25) is 5.02 Å². The molecule has 1 heterocycles. The van der Waals surface area contributed by atoms with E-state index >= 15 is 0 Å². The lowest BCUT2D eigenvalue weighted by Crippen LogP contribution is -2.32. The number of imide groups is 1. The molecule has 3 aromatic rings. The van der Waals surface area contributed by atoms with Crippen molar-refractivity contribution in [3.8, 4) is 0 Å². The fourth-order valence-electron chi connectivity index (χ4n) is 3.37. The maximum Gasteiger partial charge on any atom is 0.282 e. The van der Waals surface area contributed by atoms with Crippen LogP contribution in [0.3, 0.4) is 0 Å². The molecule has 0 aliphatic carbocycles. The molecule has 4 rings (SSSR count). The molecule has 3 amide bonds. The summed E-state index contributed by atoms with van der Waals surface area (Å²) in [5.41, 5.74) is 1.42. The minimum Gasteiger partial charge on any atom is -0.350 e. The van der Waals surface area contributed by atoms with Crippen molar-refractivity contribution in [2.75, 3.05) is 15.5 Å². The molecule has 2 N–H and O–H groups in total. The van der Waals surface area contributed by atoms with Crippen molar-refractivity contribution >= 4 is 52.0 Å². The summed E-state index contributed by atoms with van der Waals surface area (Å²) in [6, 6.07) is 15.1. The summed E-state index contributed by atoms with van der Waals surface area (Å²) in [5, 5.41) is 5.33. The average molecular weight is 468 g/mol. The van der Waals surface area contributed by atoms with Gasteiger partial charge in [-0.2, -0.15) is 0 Å². The van der Waals surface area contributed by atoms with Gasteiger partial charge in [-0.05, 0) is 60.2 Å². The summed E-state index contributed by atoms with van der Waals surface area (Å²) in [6.07, 6.45) is 0. The third-order valence-electron chi connectivity index (χ3n) is 4.85. The molecule has 1 aliphatic rings. The van der Waals surface area contributed by atoms with Gasteiger partial charge in [-0.1, -0.05) is 23.7 Å². The van der Waals surface area contributed by atoms with Crippen LogP contribution in [0.15, 0.2) is 72.4 Å². The third kappa shape index (κ3) is 4.47. The Morgan fingerprint density at radius 3 is 2.12 bits per heavy atom. The highest BCUT2D eigenvalue weighted by atomic mass is 35.5. The normalized spacial score (nSPS) is 13.5. The molecule has 0 atom stereocenters. The Hall–Kier alpha value is -4.04. The number of anilines is 3. The molecule has 3 aromatic carbocycles. The van der Waals surface area contributed by atoms with E-state index in [-0.39, 0.29) is 27.9 Å². The first kappa shape index (κ1) is 22.2. The molecule has 6 nitrogen and oxygen atoms in total. The Morgan fingerprint density at radius 1 is 0.879 bits per heavy atom. The topological polar surface area (TPSA) is 78.5 Å². The Kier molecular flexibility index (Phi) is 5.93. The first-order valence-electron chi connectivity index (χ1n) is 9.73. The maximum atomic E-state index is 13.6. The molecule has 1 aliphatic heterocycles. The van der Waals surface area contributed by atoms with Crippen molar-refractivity contribution in [3.05, 3.63) is 94.6 Å². The Labute approximate surface area is 192 Å². The molecule has 0 bridgehead atoms. The van der Waals surface area contributed by atoms with E-state index in [4.69, 9.17) is 11.6 Å². The zero-order valence-corrected chi connectivity index (χ0v) is 17.9. The molecular formula is C24H16ClF2N3O3. The molecule has 0 spiro atoms. The summed E-state index contributed by atoms with van der Waals surface area (Å²) in [4.78, 5) is 38.7. The monoisotopic (exact) mass is 467 g/mol. The van der Waals surface area contributed by atoms with E-state index in [1.54, 1.807) is 24.3 Å². The Bertz CT molecular complexity index is 1310. The molecule has 0 aromatic heterocycles. The molecule has 33 heavy (non-hydrogen) atoms. The van der Waals surface area contributed by atoms with E-state index in [0.29, 0.717) is 16.9 Å². The van der Waals surface area contributed by atoms with Gasteiger partial charge in [0.25, 0.3) is 11.8 Å². The second-order valence-electron chi connectivity index (χ2n) is 7.18. The number of hydrogen-bond donors (Lipinski definition) is 2. The zero-order chi connectivity index (χ0) is 23.7. The van der Waals surface area contributed by atoms with Gasteiger partial charge in [0.05, 0.1) is 16.3 Å². The number of nitrogens with zero attached hydrogens (tertiary/aromatic N) is 1. The quantitative estimate of drug-likeness (QED) is 0.519. The Balaban J connectivity index is 1.75. The summed E-state index contributed by atoms with van der Waals surface area (Å²) >= 11 is 5.85. The number of carbonyl (C=O) groups excluding carboxylic acids is 3. The summed E-state index contributed by atoms with van der Waals surface area (Å²) in [5.74, 6) is -2.79. The number of amides is 3. The highest BCUT2D eigenvalue weighted by Crippen LogP contribution is 2.35. The largest absolute Gasteiger partial charge is 0.350 e. The van der Waals surface area contributed by atoms with Gasteiger partial charge >= 0.3 is 0 Å². The number of benzene rings is 3. The number of nitrogens with one attached hydrogen (secondary N) is 2. The van der Waals surface area contributed by atoms with Crippen molar-refractivity contribution < 1.29 is 23.2 Å². The molecule has 9 heteroatoms. The van der Waals surface area contributed by atoms with Crippen LogP contribution in [-0.2, 0) is 14.4 Å². The fraction of sp³-hybridized carbons (Fsp3) is 0.0417. The predicted octanol–water partition coefficient (Wildman–Crippen LogP) is 4.97. The van der Waals surface area contributed by atoms with Gasteiger partial charge in [0.1, 0.15) is 17.3 Å². The molecule has 0 unspecified atom stereocenters. The zero-order valence-electron chi connectivity index (χ0n) is 17.2. The van der Waals surface area contributed by atoms with Gasteiger partial charge in [-0.15, -0.1) is 0 Å². The van der Waals surface area contributed by atoms with E-state index < -0.39 is 23.4 Å². The first-order valence-corrected chi connectivity index (χ1v) is 10.1. The van der Waals surface area contributed by atoms with Crippen LogP contribution in [0.25, 0.3) is 5.57 Å².